The van der Waals surface area contributed by atoms with Crippen LogP contribution in [-0.2, 0) is 0 Å². The predicted molar refractivity (Wildman–Crippen MR) is 112 cm³/mol. The third-order valence-electron chi connectivity index (χ3n) is 5.19. The number of urea groups is 1. The third-order valence-corrected chi connectivity index (χ3v) is 5.19. The molecule has 2 aromatic rings. The van der Waals surface area contributed by atoms with Gasteiger partial charge in [-0.2, -0.15) is 0 Å². The van der Waals surface area contributed by atoms with Crippen LogP contribution in [0.5, 0.6) is 11.5 Å². The number of nitrogens with one attached hydrogen (secondary N) is 1. The van der Waals surface area contributed by atoms with E-state index in [2.05, 4.69) is 5.32 Å². The summed E-state index contributed by atoms with van der Waals surface area (Å²) in [6.07, 6.45) is 1.38. The molecule has 0 spiro atoms. The minimum atomic E-state index is -0.116. The van der Waals surface area contributed by atoms with Gasteiger partial charge in [0.05, 0.1) is 13.7 Å². The van der Waals surface area contributed by atoms with Crippen LogP contribution in [0.15, 0.2) is 48.5 Å². The van der Waals surface area contributed by atoms with Crippen LogP contribution in [0.25, 0.3) is 0 Å². The summed E-state index contributed by atoms with van der Waals surface area (Å²) in [7, 11) is 1.59. The molecule has 2 amide bonds. The van der Waals surface area contributed by atoms with E-state index in [1.807, 2.05) is 55.5 Å². The van der Waals surface area contributed by atoms with Gasteiger partial charge in [-0.05, 0) is 31.9 Å². The van der Waals surface area contributed by atoms with Crippen LogP contribution in [0.4, 0.5) is 4.79 Å². The maximum atomic E-state index is 12.6. The molecule has 1 saturated heterocycles. The Balaban J connectivity index is 1.39. The lowest BCUT2D eigenvalue weighted by atomic mass is 9.89. The van der Waals surface area contributed by atoms with E-state index >= 15 is 0 Å². The normalized spacial score (nSPS) is 14.3. The van der Waals surface area contributed by atoms with Crippen molar-refractivity contribution in [2.75, 3.05) is 33.4 Å². The Kier molecular flexibility index (Phi) is 7.11. The second-order valence-corrected chi connectivity index (χ2v) is 7.22. The van der Waals surface area contributed by atoms with Gasteiger partial charge < -0.3 is 19.7 Å². The minimum absolute atomic E-state index is 0.0179. The molecule has 0 unspecified atom stereocenters. The van der Waals surface area contributed by atoms with Gasteiger partial charge in [-0.15, -0.1) is 0 Å². The Morgan fingerprint density at radius 3 is 2.34 bits per heavy atom. The summed E-state index contributed by atoms with van der Waals surface area (Å²) < 4.78 is 10.9. The minimum Gasteiger partial charge on any atom is -0.493 e. The lowest BCUT2D eigenvalue weighted by Gasteiger charge is -2.31. The zero-order valence-electron chi connectivity index (χ0n) is 17.0. The molecule has 1 N–H and O–H groups in total. The summed E-state index contributed by atoms with van der Waals surface area (Å²) in [6.45, 7) is 3.93. The van der Waals surface area contributed by atoms with Crippen molar-refractivity contribution >= 4 is 11.8 Å². The number of carbonyl (C=O) groups excluding carboxylic acids is 2. The number of ketones is 1. The monoisotopic (exact) mass is 396 g/mol. The Hall–Kier alpha value is -3.02. The van der Waals surface area contributed by atoms with Gasteiger partial charge in [0.2, 0.25) is 0 Å². The van der Waals surface area contributed by atoms with Crippen LogP contribution in [0, 0.1) is 12.8 Å². The fraction of sp³-hybridized carbons (Fsp3) is 0.391. The van der Waals surface area contributed by atoms with Crippen LogP contribution < -0.4 is 14.8 Å². The van der Waals surface area contributed by atoms with Gasteiger partial charge in [-0.3, -0.25) is 4.79 Å². The summed E-state index contributed by atoms with van der Waals surface area (Å²) in [5.41, 5.74) is 1.90. The Labute approximate surface area is 171 Å². The topological polar surface area (TPSA) is 67.9 Å². The van der Waals surface area contributed by atoms with Crippen molar-refractivity contribution in [3.8, 4) is 11.5 Å². The smallest absolute Gasteiger partial charge is 0.317 e. The van der Waals surface area contributed by atoms with Gasteiger partial charge in [0.15, 0.2) is 17.3 Å². The van der Waals surface area contributed by atoms with Crippen LogP contribution >= 0.6 is 0 Å². The average Bonchev–Trinajstić information content (AvgIpc) is 2.77. The maximum absolute atomic E-state index is 12.6. The molecular weight excluding hydrogens is 368 g/mol. The van der Waals surface area contributed by atoms with E-state index in [1.54, 1.807) is 12.0 Å². The molecule has 1 heterocycles. The average molecular weight is 396 g/mol. The number of likely N-dealkylation sites (tertiary alicyclic amines) is 1. The molecule has 3 rings (SSSR count). The largest absolute Gasteiger partial charge is 0.493 e. The van der Waals surface area contributed by atoms with Crippen molar-refractivity contribution < 1.29 is 19.1 Å². The fourth-order valence-corrected chi connectivity index (χ4v) is 3.47. The number of nitrogens with zero attached hydrogens (tertiary/aromatic N) is 1. The maximum Gasteiger partial charge on any atom is 0.317 e. The number of Topliss-reactive ketones (excluding diaryl/α,β-unsaturated/α-hetero) is 1. The number of rotatable bonds is 7. The van der Waals surface area contributed by atoms with E-state index in [-0.39, 0.29) is 17.7 Å². The van der Waals surface area contributed by atoms with Crippen LogP contribution in [0.1, 0.15) is 28.8 Å². The quantitative estimate of drug-likeness (QED) is 0.573. The van der Waals surface area contributed by atoms with E-state index in [1.165, 1.54) is 0 Å². The Bertz CT molecular complexity index is 827. The Morgan fingerprint density at radius 2 is 1.69 bits per heavy atom. The van der Waals surface area contributed by atoms with E-state index in [4.69, 9.17) is 9.47 Å². The second kappa shape index (κ2) is 9.96. The van der Waals surface area contributed by atoms with Gasteiger partial charge in [-0.1, -0.05) is 42.0 Å². The summed E-state index contributed by atoms with van der Waals surface area (Å²) in [4.78, 5) is 26.8. The van der Waals surface area contributed by atoms with Gasteiger partial charge in [-0.25, -0.2) is 4.79 Å². The highest BCUT2D eigenvalue weighted by Gasteiger charge is 2.27. The van der Waals surface area contributed by atoms with Crippen LogP contribution in [0.3, 0.4) is 0 Å². The first-order valence-electron chi connectivity index (χ1n) is 9.98. The van der Waals surface area contributed by atoms with E-state index in [0.717, 1.165) is 11.1 Å². The number of methoxy groups -OCH3 is 1. The molecule has 154 valence electrons. The van der Waals surface area contributed by atoms with Crippen LogP contribution in [-0.4, -0.2) is 50.1 Å². The first kappa shape index (κ1) is 20.7. The second-order valence-electron chi connectivity index (χ2n) is 7.22. The molecule has 0 radical (unpaired) electrons. The van der Waals surface area contributed by atoms with Crippen molar-refractivity contribution in [1.82, 2.24) is 10.2 Å². The molecule has 6 nitrogen and oxygen atoms in total. The number of benzene rings is 2. The highest BCUT2D eigenvalue weighted by Crippen LogP contribution is 2.25. The first-order valence-corrected chi connectivity index (χ1v) is 9.98. The highest BCUT2D eigenvalue weighted by molar-refractivity contribution is 5.98. The number of hydrogen-bond donors (Lipinski definition) is 1. The third kappa shape index (κ3) is 5.50. The molecule has 0 atom stereocenters. The number of ether oxygens (including phenoxy) is 2. The standard InChI is InChI=1S/C23H28N2O4/c1-17-7-9-18(10-8-17)22(26)19-11-14-25(15-12-19)23(27)24-13-16-29-21-6-4-3-5-20(21)28-2/h3-10,19H,11-16H2,1-2H3,(H,24,27). The summed E-state index contributed by atoms with van der Waals surface area (Å²) >= 11 is 0. The van der Waals surface area contributed by atoms with Crippen LogP contribution in [0.2, 0.25) is 0 Å². The number of para-hydroxylation sites is 2. The molecule has 1 aliphatic rings. The van der Waals surface area contributed by atoms with Crippen molar-refractivity contribution in [3.05, 3.63) is 59.7 Å². The molecule has 2 aromatic carbocycles. The molecular formula is C23H28N2O4. The Morgan fingerprint density at radius 1 is 1.03 bits per heavy atom. The first-order chi connectivity index (χ1) is 14.1. The molecule has 1 fully saturated rings. The van der Waals surface area contributed by atoms with Gasteiger partial charge in [0, 0.05) is 24.6 Å². The summed E-state index contributed by atoms with van der Waals surface area (Å²) in [5, 5.41) is 2.88. The highest BCUT2D eigenvalue weighted by atomic mass is 16.5. The molecule has 0 bridgehead atoms. The SMILES string of the molecule is COc1ccccc1OCCNC(=O)N1CCC(C(=O)c2ccc(C)cc2)CC1. The zero-order valence-corrected chi connectivity index (χ0v) is 17.0. The van der Waals surface area contributed by atoms with Gasteiger partial charge in [0.1, 0.15) is 6.61 Å². The lowest BCUT2D eigenvalue weighted by molar-refractivity contribution is 0.0854. The molecule has 29 heavy (non-hydrogen) atoms. The lowest BCUT2D eigenvalue weighted by Crippen LogP contribution is -2.46. The number of hydrogen-bond acceptors (Lipinski definition) is 4. The van der Waals surface area contributed by atoms with Crippen molar-refractivity contribution in [2.24, 2.45) is 5.92 Å². The van der Waals surface area contributed by atoms with E-state index < -0.39 is 0 Å². The van der Waals surface area contributed by atoms with Crippen molar-refractivity contribution in [1.29, 1.82) is 0 Å². The van der Waals surface area contributed by atoms with Gasteiger partial charge >= 0.3 is 6.03 Å². The molecule has 0 aromatic heterocycles. The predicted octanol–water partition coefficient (Wildman–Crippen LogP) is 3.69. The summed E-state index contributed by atoms with van der Waals surface area (Å²) in [5.74, 6) is 1.48. The number of aryl methyl sites for hydroxylation is 1. The van der Waals surface area contributed by atoms with E-state index in [9.17, 15) is 9.59 Å². The zero-order chi connectivity index (χ0) is 20.6. The molecule has 1 aliphatic heterocycles. The summed E-state index contributed by atoms with van der Waals surface area (Å²) in [6, 6.07) is 15.0. The van der Waals surface area contributed by atoms with E-state index in [0.29, 0.717) is 50.6 Å². The number of piperidine rings is 1. The molecule has 6 heteroatoms. The molecule has 0 saturated carbocycles. The van der Waals surface area contributed by atoms with Gasteiger partial charge in [0.25, 0.3) is 0 Å². The van der Waals surface area contributed by atoms with Crippen molar-refractivity contribution in [3.63, 3.8) is 0 Å². The van der Waals surface area contributed by atoms with Crippen molar-refractivity contribution in [2.45, 2.75) is 19.8 Å². The number of amides is 2. The fourth-order valence-electron chi connectivity index (χ4n) is 3.47. The number of carbonyl (C=O) groups is 2. The molecule has 0 aliphatic carbocycles.